The average molecular weight is 243 g/mol. The molecule has 0 aromatic carbocycles. The standard InChI is InChI=1S/C14H23ClO/c1-10-8-13(9-11(2)14(10)15)12-4-3-6-16-7-5-12/h4,10-11,13-14H,3,5-9H2,1-2H3. The van der Waals surface area contributed by atoms with Crippen molar-refractivity contribution >= 4 is 11.6 Å². The summed E-state index contributed by atoms with van der Waals surface area (Å²) in [5.41, 5.74) is 1.64. The molecule has 0 aromatic heterocycles. The topological polar surface area (TPSA) is 9.23 Å². The molecule has 1 aliphatic carbocycles. The highest BCUT2D eigenvalue weighted by molar-refractivity contribution is 6.21. The van der Waals surface area contributed by atoms with Crippen molar-refractivity contribution in [3.8, 4) is 0 Å². The van der Waals surface area contributed by atoms with Gasteiger partial charge in [-0.3, -0.25) is 0 Å². The number of alkyl halides is 1. The van der Waals surface area contributed by atoms with Crippen LogP contribution >= 0.6 is 11.6 Å². The van der Waals surface area contributed by atoms with Crippen LogP contribution in [0, 0.1) is 17.8 Å². The summed E-state index contributed by atoms with van der Waals surface area (Å²) >= 11 is 6.41. The zero-order valence-corrected chi connectivity index (χ0v) is 11.2. The molecule has 2 atom stereocenters. The minimum atomic E-state index is 0.374. The zero-order valence-electron chi connectivity index (χ0n) is 10.4. The van der Waals surface area contributed by atoms with Crippen LogP contribution in [0.4, 0.5) is 0 Å². The Labute approximate surface area is 104 Å². The molecule has 2 aliphatic rings. The fourth-order valence-corrected chi connectivity index (χ4v) is 3.42. The van der Waals surface area contributed by atoms with Crippen molar-refractivity contribution < 1.29 is 4.74 Å². The van der Waals surface area contributed by atoms with Crippen LogP contribution in [0.25, 0.3) is 0 Å². The van der Waals surface area contributed by atoms with Crippen molar-refractivity contribution in [1.29, 1.82) is 0 Å². The quantitative estimate of drug-likeness (QED) is 0.499. The van der Waals surface area contributed by atoms with Crippen LogP contribution in [-0.4, -0.2) is 18.6 Å². The highest BCUT2D eigenvalue weighted by Gasteiger charge is 2.33. The van der Waals surface area contributed by atoms with E-state index in [1.54, 1.807) is 5.57 Å². The molecule has 92 valence electrons. The molecule has 0 spiro atoms. The minimum absolute atomic E-state index is 0.374. The molecule has 0 aromatic rings. The maximum Gasteiger partial charge on any atom is 0.0503 e. The smallest absolute Gasteiger partial charge is 0.0503 e. The van der Waals surface area contributed by atoms with Gasteiger partial charge in [-0.15, -0.1) is 11.6 Å². The van der Waals surface area contributed by atoms with Crippen LogP contribution in [0.15, 0.2) is 11.6 Å². The summed E-state index contributed by atoms with van der Waals surface area (Å²) in [5.74, 6) is 2.07. The summed E-state index contributed by atoms with van der Waals surface area (Å²) in [6.45, 7) is 6.41. The van der Waals surface area contributed by atoms with E-state index < -0.39 is 0 Å². The van der Waals surface area contributed by atoms with E-state index >= 15 is 0 Å². The van der Waals surface area contributed by atoms with E-state index in [1.807, 2.05) is 0 Å². The second kappa shape index (κ2) is 5.55. The van der Waals surface area contributed by atoms with Crippen LogP contribution in [0.2, 0.25) is 0 Å². The molecule has 1 saturated carbocycles. The molecule has 2 rings (SSSR count). The van der Waals surface area contributed by atoms with E-state index in [1.165, 1.54) is 12.8 Å². The van der Waals surface area contributed by atoms with E-state index in [2.05, 4.69) is 19.9 Å². The van der Waals surface area contributed by atoms with Gasteiger partial charge in [-0.2, -0.15) is 0 Å². The van der Waals surface area contributed by atoms with Gasteiger partial charge in [0.2, 0.25) is 0 Å². The lowest BCUT2D eigenvalue weighted by Crippen LogP contribution is -2.31. The Bertz CT molecular complexity index is 249. The highest BCUT2D eigenvalue weighted by atomic mass is 35.5. The number of halogens is 1. The minimum Gasteiger partial charge on any atom is -0.381 e. The Kier molecular flexibility index (Phi) is 4.32. The lowest BCUT2D eigenvalue weighted by molar-refractivity contribution is 0.144. The first kappa shape index (κ1) is 12.4. The first-order chi connectivity index (χ1) is 7.68. The third-order valence-corrected chi connectivity index (χ3v) is 4.99. The highest BCUT2D eigenvalue weighted by Crippen LogP contribution is 2.40. The number of hydrogen-bond donors (Lipinski definition) is 0. The van der Waals surface area contributed by atoms with Gasteiger partial charge < -0.3 is 4.74 Å². The molecule has 1 heterocycles. The van der Waals surface area contributed by atoms with Gasteiger partial charge in [-0.05, 0) is 43.4 Å². The second-order valence-corrected chi connectivity index (χ2v) is 6.00. The van der Waals surface area contributed by atoms with Gasteiger partial charge in [-0.25, -0.2) is 0 Å². The third kappa shape index (κ3) is 2.81. The molecule has 2 heteroatoms. The van der Waals surface area contributed by atoms with E-state index in [-0.39, 0.29) is 0 Å². The van der Waals surface area contributed by atoms with Gasteiger partial charge in [0.25, 0.3) is 0 Å². The van der Waals surface area contributed by atoms with E-state index in [4.69, 9.17) is 16.3 Å². The molecule has 1 fully saturated rings. The molecule has 0 amide bonds. The first-order valence-electron chi connectivity index (χ1n) is 6.59. The molecule has 0 radical (unpaired) electrons. The third-order valence-electron chi connectivity index (χ3n) is 4.13. The predicted octanol–water partition coefficient (Wildman–Crippen LogP) is 4.01. The van der Waals surface area contributed by atoms with Crippen LogP contribution in [0.1, 0.15) is 39.5 Å². The van der Waals surface area contributed by atoms with E-state index in [9.17, 15) is 0 Å². The molecule has 2 unspecified atom stereocenters. The molecular weight excluding hydrogens is 220 g/mol. The first-order valence-corrected chi connectivity index (χ1v) is 7.03. The van der Waals surface area contributed by atoms with Crippen LogP contribution in [0.5, 0.6) is 0 Å². The van der Waals surface area contributed by atoms with Crippen molar-refractivity contribution in [1.82, 2.24) is 0 Å². The second-order valence-electron chi connectivity index (χ2n) is 5.50. The molecule has 16 heavy (non-hydrogen) atoms. The molecule has 0 bridgehead atoms. The molecule has 0 N–H and O–H groups in total. The monoisotopic (exact) mass is 242 g/mol. The van der Waals surface area contributed by atoms with Crippen molar-refractivity contribution in [2.45, 2.75) is 44.9 Å². The zero-order chi connectivity index (χ0) is 11.5. The fourth-order valence-electron chi connectivity index (χ4n) is 3.21. The number of hydrogen-bond acceptors (Lipinski definition) is 1. The Hall–Kier alpha value is -0.0100. The summed E-state index contributed by atoms with van der Waals surface area (Å²) in [5, 5.41) is 0.374. The summed E-state index contributed by atoms with van der Waals surface area (Å²) in [7, 11) is 0. The van der Waals surface area contributed by atoms with Crippen LogP contribution in [0.3, 0.4) is 0 Å². The van der Waals surface area contributed by atoms with Crippen molar-refractivity contribution in [2.75, 3.05) is 13.2 Å². The molecule has 1 nitrogen and oxygen atoms in total. The number of ether oxygens (including phenoxy) is 1. The predicted molar refractivity (Wildman–Crippen MR) is 68.8 cm³/mol. The van der Waals surface area contributed by atoms with Gasteiger partial charge in [0.05, 0.1) is 13.2 Å². The van der Waals surface area contributed by atoms with Crippen LogP contribution < -0.4 is 0 Å². The van der Waals surface area contributed by atoms with Crippen LogP contribution in [-0.2, 0) is 4.74 Å². The lowest BCUT2D eigenvalue weighted by atomic mass is 9.72. The van der Waals surface area contributed by atoms with Crippen molar-refractivity contribution in [3.05, 3.63) is 11.6 Å². The Morgan fingerprint density at radius 1 is 1.19 bits per heavy atom. The normalized spacial score (nSPS) is 41.3. The average Bonchev–Trinajstić information content (AvgIpc) is 2.53. The number of rotatable bonds is 1. The van der Waals surface area contributed by atoms with Gasteiger partial charge in [0, 0.05) is 5.38 Å². The van der Waals surface area contributed by atoms with Crippen molar-refractivity contribution in [3.63, 3.8) is 0 Å². The Morgan fingerprint density at radius 3 is 2.56 bits per heavy atom. The Morgan fingerprint density at radius 2 is 1.88 bits per heavy atom. The summed E-state index contributed by atoms with van der Waals surface area (Å²) in [4.78, 5) is 0. The van der Waals surface area contributed by atoms with Gasteiger partial charge in [-0.1, -0.05) is 25.5 Å². The summed E-state index contributed by atoms with van der Waals surface area (Å²) < 4.78 is 5.51. The maximum absolute atomic E-state index is 6.41. The van der Waals surface area contributed by atoms with Crippen molar-refractivity contribution in [2.24, 2.45) is 17.8 Å². The van der Waals surface area contributed by atoms with E-state index in [0.717, 1.165) is 32.0 Å². The fraction of sp³-hybridized carbons (Fsp3) is 0.857. The summed E-state index contributed by atoms with van der Waals surface area (Å²) in [6.07, 6.45) is 7.19. The molecule has 1 aliphatic heterocycles. The van der Waals surface area contributed by atoms with Gasteiger partial charge in [0.15, 0.2) is 0 Å². The Balaban J connectivity index is 2.01. The van der Waals surface area contributed by atoms with E-state index in [0.29, 0.717) is 17.2 Å². The largest absolute Gasteiger partial charge is 0.381 e. The summed E-state index contributed by atoms with van der Waals surface area (Å²) in [6, 6.07) is 0. The SMILES string of the molecule is CC1CC(C2=CCCOCC2)CC(C)C1Cl. The van der Waals surface area contributed by atoms with Gasteiger partial charge in [0.1, 0.15) is 0 Å². The maximum atomic E-state index is 6.41. The lowest BCUT2D eigenvalue weighted by Gasteiger charge is -2.37. The molecule has 0 saturated heterocycles. The molecular formula is C14H23ClO. The van der Waals surface area contributed by atoms with Gasteiger partial charge >= 0.3 is 0 Å².